The Morgan fingerprint density at radius 3 is 2.33 bits per heavy atom. The lowest BCUT2D eigenvalue weighted by Gasteiger charge is -2.31. The van der Waals surface area contributed by atoms with Crippen molar-refractivity contribution < 1.29 is 32.1 Å². The van der Waals surface area contributed by atoms with E-state index in [9.17, 15) is 22.8 Å². The van der Waals surface area contributed by atoms with E-state index in [1.807, 2.05) is 0 Å². The van der Waals surface area contributed by atoms with Gasteiger partial charge in [-0.25, -0.2) is 8.42 Å². The van der Waals surface area contributed by atoms with Crippen LogP contribution in [-0.4, -0.2) is 79.7 Å². The molecule has 3 rings (SSSR count). The number of amides is 2. The number of hydrogen-bond acceptors (Lipinski definition) is 9. The Morgan fingerprint density at radius 1 is 1.11 bits per heavy atom. The molecule has 2 amide bonds. The molecule has 2 aromatic rings. The number of aromatic nitrogens is 2. The largest absolute Gasteiger partial charge is 0.378 e. The van der Waals surface area contributed by atoms with Gasteiger partial charge in [-0.15, -0.1) is 0 Å². The van der Waals surface area contributed by atoms with E-state index < -0.39 is 38.7 Å². The van der Waals surface area contributed by atoms with Crippen molar-refractivity contribution in [3.05, 3.63) is 47.6 Å². The number of nitrogens with zero attached hydrogens (tertiary/aromatic N) is 3. The van der Waals surface area contributed by atoms with Gasteiger partial charge in [-0.05, 0) is 12.0 Å². The van der Waals surface area contributed by atoms with E-state index in [2.05, 4.69) is 15.5 Å². The van der Waals surface area contributed by atoms with Gasteiger partial charge in [-0.2, -0.15) is 4.98 Å². The smallest absolute Gasteiger partial charge is 0.240 e. The number of nitrogens with one attached hydrogen (secondary N) is 1. The summed E-state index contributed by atoms with van der Waals surface area (Å²) in [6, 6.07) is 7.28. The third-order valence-corrected chi connectivity index (χ3v) is 7.61. The normalized spacial score (nSPS) is 16.7. The maximum Gasteiger partial charge on any atom is 0.240 e. The number of hydrogen-bond donors (Lipinski definition) is 1. The summed E-state index contributed by atoms with van der Waals surface area (Å²) in [6.07, 6.45) is 1.35. The maximum atomic E-state index is 13.6. The second-order valence-electron chi connectivity index (χ2n) is 8.66. The van der Waals surface area contributed by atoms with E-state index in [-0.39, 0.29) is 30.5 Å². The average Bonchev–Trinajstić information content (AvgIpc) is 3.36. The lowest BCUT2D eigenvalue weighted by atomic mass is 9.93. The Kier molecular flexibility index (Phi) is 9.32. The molecule has 12 heteroatoms. The number of carbonyl (C=O) groups excluding carboxylic acids is 3. The molecular formula is C24H32N4O7S. The van der Waals surface area contributed by atoms with Crippen LogP contribution in [-0.2, 0) is 30.6 Å². The number of Topliss-reactive ketones (excluding diaryl/α,β-unsaturated/α-hetero) is 1. The van der Waals surface area contributed by atoms with Gasteiger partial charge in [0.05, 0.1) is 30.4 Å². The van der Waals surface area contributed by atoms with Crippen molar-refractivity contribution in [3.63, 3.8) is 0 Å². The van der Waals surface area contributed by atoms with Crippen LogP contribution < -0.4 is 5.32 Å². The number of sulfone groups is 1. The number of benzene rings is 1. The molecule has 2 unspecified atom stereocenters. The van der Waals surface area contributed by atoms with E-state index in [0.29, 0.717) is 38.3 Å². The Morgan fingerprint density at radius 2 is 1.78 bits per heavy atom. The molecule has 1 saturated heterocycles. The minimum absolute atomic E-state index is 0.164. The van der Waals surface area contributed by atoms with Crippen molar-refractivity contribution in [2.45, 2.75) is 44.4 Å². The molecule has 0 bridgehead atoms. The first-order chi connectivity index (χ1) is 17.2. The van der Waals surface area contributed by atoms with Crippen LogP contribution in [0.3, 0.4) is 0 Å². The zero-order valence-electron chi connectivity index (χ0n) is 20.7. The summed E-state index contributed by atoms with van der Waals surface area (Å²) in [7, 11) is -3.83. The highest BCUT2D eigenvalue weighted by Crippen LogP contribution is 2.33. The molecule has 1 aromatic carbocycles. The maximum absolute atomic E-state index is 13.6. The van der Waals surface area contributed by atoms with Crippen molar-refractivity contribution in [3.8, 4) is 0 Å². The van der Waals surface area contributed by atoms with Gasteiger partial charge in [-0.3, -0.25) is 14.4 Å². The molecule has 0 saturated carbocycles. The molecule has 1 N–H and O–H groups in total. The van der Waals surface area contributed by atoms with Crippen LogP contribution in [0.1, 0.15) is 54.0 Å². The molecule has 36 heavy (non-hydrogen) atoms. The molecule has 2 heterocycles. The van der Waals surface area contributed by atoms with E-state index in [1.54, 1.807) is 49.1 Å². The molecule has 1 aliphatic heterocycles. The van der Waals surface area contributed by atoms with Gasteiger partial charge in [0.15, 0.2) is 9.84 Å². The number of ketones is 1. The minimum atomic E-state index is -3.83. The summed E-state index contributed by atoms with van der Waals surface area (Å²) in [4.78, 5) is 45.3. The summed E-state index contributed by atoms with van der Waals surface area (Å²) in [5, 5.41) is 5.05. The summed E-state index contributed by atoms with van der Waals surface area (Å²) in [5.41, 5.74) is 0.389. The molecule has 1 aliphatic rings. The summed E-state index contributed by atoms with van der Waals surface area (Å²) >= 11 is 0. The van der Waals surface area contributed by atoms with Crippen LogP contribution in [0.15, 0.2) is 34.9 Å². The van der Waals surface area contributed by atoms with Gasteiger partial charge in [0.2, 0.25) is 29.3 Å². The van der Waals surface area contributed by atoms with Gasteiger partial charge in [0.1, 0.15) is 0 Å². The lowest BCUT2D eigenvalue weighted by molar-refractivity contribution is -0.139. The molecule has 1 aromatic heterocycles. The van der Waals surface area contributed by atoms with E-state index in [1.165, 1.54) is 0 Å². The van der Waals surface area contributed by atoms with Crippen LogP contribution in [0.2, 0.25) is 0 Å². The van der Waals surface area contributed by atoms with Gasteiger partial charge >= 0.3 is 0 Å². The number of morpholine rings is 1. The Bertz CT molecular complexity index is 1160. The molecule has 0 spiro atoms. The predicted molar refractivity (Wildman–Crippen MR) is 130 cm³/mol. The lowest BCUT2D eigenvalue weighted by Crippen LogP contribution is -2.48. The molecule has 196 valence electrons. The zero-order chi connectivity index (χ0) is 26.3. The predicted octanol–water partition coefficient (Wildman–Crippen LogP) is 1.36. The van der Waals surface area contributed by atoms with Gasteiger partial charge < -0.3 is 19.5 Å². The topological polar surface area (TPSA) is 149 Å². The Balaban J connectivity index is 1.92. The third kappa shape index (κ3) is 6.76. The first-order valence-corrected chi connectivity index (χ1v) is 13.9. The minimum Gasteiger partial charge on any atom is -0.378 e. The van der Waals surface area contributed by atoms with Crippen molar-refractivity contribution in [1.82, 2.24) is 20.4 Å². The number of rotatable bonds is 11. The van der Waals surface area contributed by atoms with Crippen LogP contribution in [0.25, 0.3) is 0 Å². The third-order valence-electron chi connectivity index (χ3n) is 6.08. The second kappa shape index (κ2) is 12.2. The molecule has 1 fully saturated rings. The SMILES string of the molecule is CCc1nc(C(=O)C(CC)NC(=O)C(CC(=O)N2CCOCC2)[C@H](c2ccccc2)S(C)(=O)=O)no1. The van der Waals surface area contributed by atoms with Crippen molar-refractivity contribution in [1.29, 1.82) is 0 Å². The summed E-state index contributed by atoms with van der Waals surface area (Å²) in [5.74, 6) is -2.76. The second-order valence-corrected chi connectivity index (χ2v) is 10.8. The van der Waals surface area contributed by atoms with E-state index in [0.717, 1.165) is 6.26 Å². The molecule has 11 nitrogen and oxygen atoms in total. The monoisotopic (exact) mass is 520 g/mol. The molecular weight excluding hydrogens is 488 g/mol. The number of ether oxygens (including phenoxy) is 1. The zero-order valence-corrected chi connectivity index (χ0v) is 21.5. The van der Waals surface area contributed by atoms with E-state index >= 15 is 0 Å². The van der Waals surface area contributed by atoms with Crippen LogP contribution in [0.4, 0.5) is 0 Å². The summed E-state index contributed by atoms with van der Waals surface area (Å²) < 4.78 is 36.2. The van der Waals surface area contributed by atoms with Crippen LogP contribution in [0.5, 0.6) is 0 Å². The quantitative estimate of drug-likeness (QED) is 0.433. The summed E-state index contributed by atoms with van der Waals surface area (Å²) in [6.45, 7) is 4.95. The van der Waals surface area contributed by atoms with Gasteiger partial charge in [0, 0.05) is 32.2 Å². The fraction of sp³-hybridized carbons (Fsp3) is 0.542. The Hall–Kier alpha value is -3.12. The highest BCUT2D eigenvalue weighted by Gasteiger charge is 2.40. The van der Waals surface area contributed by atoms with Crippen molar-refractivity contribution in [2.24, 2.45) is 5.92 Å². The number of aryl methyl sites for hydroxylation is 1. The fourth-order valence-corrected chi connectivity index (χ4v) is 5.64. The Labute approximate surface area is 210 Å². The van der Waals surface area contributed by atoms with Crippen molar-refractivity contribution in [2.75, 3.05) is 32.6 Å². The van der Waals surface area contributed by atoms with Gasteiger partial charge in [-0.1, -0.05) is 49.3 Å². The van der Waals surface area contributed by atoms with E-state index in [4.69, 9.17) is 9.26 Å². The first kappa shape index (κ1) is 27.5. The van der Waals surface area contributed by atoms with Gasteiger partial charge in [0.25, 0.3) is 0 Å². The molecule has 3 atom stereocenters. The molecule has 0 radical (unpaired) electrons. The highest BCUT2D eigenvalue weighted by molar-refractivity contribution is 7.91. The average molecular weight is 521 g/mol. The van der Waals surface area contributed by atoms with Crippen LogP contribution in [0, 0.1) is 5.92 Å². The fourth-order valence-electron chi connectivity index (χ4n) is 4.17. The molecule has 0 aliphatic carbocycles. The number of carbonyl (C=O) groups is 3. The van der Waals surface area contributed by atoms with Crippen LogP contribution >= 0.6 is 0 Å². The van der Waals surface area contributed by atoms with Crippen molar-refractivity contribution >= 4 is 27.4 Å². The highest BCUT2D eigenvalue weighted by atomic mass is 32.2. The standard InChI is InChI=1S/C24H32N4O7S/c1-4-18(21(30)23-26-19(5-2)35-27-23)25-24(31)17(15-20(29)28-11-13-34-14-12-28)22(36(3,32)33)16-9-7-6-8-10-16/h6-10,17-18,22H,4-5,11-15H2,1-3H3,(H,25,31)/t17?,18?,22-/m0/s1. The first-order valence-electron chi connectivity index (χ1n) is 11.9.